The summed E-state index contributed by atoms with van der Waals surface area (Å²) < 4.78 is 10.5. The van der Waals surface area contributed by atoms with Crippen molar-refractivity contribution in [1.29, 1.82) is 0 Å². The van der Waals surface area contributed by atoms with Crippen LogP contribution in [0.2, 0.25) is 0 Å². The first-order valence-electron chi connectivity index (χ1n) is 7.87. The number of aryl methyl sites for hydroxylation is 2. The second-order valence-electron chi connectivity index (χ2n) is 5.70. The minimum Gasteiger partial charge on any atom is -0.497 e. The molecule has 3 rings (SSSR count). The second kappa shape index (κ2) is 7.17. The minimum atomic E-state index is -0.263. The zero-order valence-corrected chi connectivity index (χ0v) is 13.5. The molecule has 0 aromatic heterocycles. The van der Waals surface area contributed by atoms with Gasteiger partial charge in [0.05, 0.1) is 12.7 Å². The maximum absolute atomic E-state index is 12.1. The number of hydrogen-bond acceptors (Lipinski definition) is 4. The molecule has 1 amide bonds. The monoisotopic (exact) mass is 325 g/mol. The van der Waals surface area contributed by atoms with Crippen LogP contribution in [-0.4, -0.2) is 25.9 Å². The Labute approximate surface area is 140 Å². The van der Waals surface area contributed by atoms with E-state index in [1.54, 1.807) is 18.2 Å². The molecule has 0 atom stereocenters. The lowest BCUT2D eigenvalue weighted by Gasteiger charge is -2.11. The first kappa shape index (κ1) is 16.1. The number of carbonyl (C=O) groups excluding carboxylic acids is 2. The fourth-order valence-corrected chi connectivity index (χ4v) is 2.87. The summed E-state index contributed by atoms with van der Waals surface area (Å²) in [6.07, 6.45) is 4.01. The van der Waals surface area contributed by atoms with Crippen molar-refractivity contribution in [2.45, 2.75) is 19.3 Å². The zero-order valence-electron chi connectivity index (χ0n) is 13.5. The van der Waals surface area contributed by atoms with Crippen LogP contribution in [0.1, 0.15) is 27.9 Å². The predicted octanol–water partition coefficient (Wildman–Crippen LogP) is 3.01. The van der Waals surface area contributed by atoms with Crippen molar-refractivity contribution < 1.29 is 19.1 Å². The number of hydrogen-bond donors (Lipinski definition) is 1. The number of ether oxygens (including phenoxy) is 2. The molecule has 2 aromatic carbocycles. The van der Waals surface area contributed by atoms with Crippen LogP contribution >= 0.6 is 0 Å². The van der Waals surface area contributed by atoms with Crippen molar-refractivity contribution in [1.82, 2.24) is 0 Å². The van der Waals surface area contributed by atoms with Gasteiger partial charge in [0.15, 0.2) is 12.9 Å². The van der Waals surface area contributed by atoms with E-state index in [9.17, 15) is 9.59 Å². The third kappa shape index (κ3) is 3.56. The lowest BCUT2D eigenvalue weighted by atomic mass is 10.1. The third-order valence-corrected chi connectivity index (χ3v) is 4.08. The molecule has 0 saturated carbocycles. The highest BCUT2D eigenvalue weighted by Gasteiger charge is 2.12. The van der Waals surface area contributed by atoms with Gasteiger partial charge in [0.2, 0.25) is 0 Å². The number of nitrogens with one attached hydrogen (secondary N) is 1. The summed E-state index contributed by atoms with van der Waals surface area (Å²) in [4.78, 5) is 23.2. The number of fused-ring (bicyclic) bond motifs is 1. The smallest absolute Gasteiger partial charge is 0.262 e. The van der Waals surface area contributed by atoms with Crippen LogP contribution in [0.25, 0.3) is 0 Å². The quantitative estimate of drug-likeness (QED) is 0.829. The molecule has 0 heterocycles. The summed E-state index contributed by atoms with van der Waals surface area (Å²) in [5.74, 6) is 0.655. The number of rotatable bonds is 6. The van der Waals surface area contributed by atoms with E-state index in [-0.39, 0.29) is 12.5 Å². The molecule has 124 valence electrons. The fraction of sp³-hybridized carbons (Fsp3) is 0.263. The van der Waals surface area contributed by atoms with Crippen LogP contribution in [0.5, 0.6) is 11.5 Å². The number of benzene rings is 2. The van der Waals surface area contributed by atoms with Crippen molar-refractivity contribution in [3.05, 3.63) is 53.1 Å². The largest absolute Gasteiger partial charge is 0.497 e. The van der Waals surface area contributed by atoms with E-state index in [1.165, 1.54) is 24.7 Å². The van der Waals surface area contributed by atoms with Crippen molar-refractivity contribution in [3.8, 4) is 11.5 Å². The van der Waals surface area contributed by atoms with E-state index < -0.39 is 0 Å². The molecule has 0 saturated heterocycles. The minimum absolute atomic E-state index is 0.162. The third-order valence-electron chi connectivity index (χ3n) is 4.08. The maximum Gasteiger partial charge on any atom is 0.262 e. The summed E-state index contributed by atoms with van der Waals surface area (Å²) in [5, 5.41) is 2.82. The van der Waals surface area contributed by atoms with Gasteiger partial charge in [-0.1, -0.05) is 6.07 Å². The molecule has 24 heavy (non-hydrogen) atoms. The molecular weight excluding hydrogens is 306 g/mol. The Kier molecular flexibility index (Phi) is 4.79. The first-order valence-corrected chi connectivity index (χ1v) is 7.87. The van der Waals surface area contributed by atoms with E-state index in [2.05, 4.69) is 11.4 Å². The summed E-state index contributed by atoms with van der Waals surface area (Å²) in [6.45, 7) is -0.162. The summed E-state index contributed by atoms with van der Waals surface area (Å²) >= 11 is 0. The number of aldehydes is 1. The van der Waals surface area contributed by atoms with Crippen LogP contribution in [0.4, 0.5) is 5.69 Å². The number of methoxy groups -OCH3 is 1. The van der Waals surface area contributed by atoms with Crippen molar-refractivity contribution in [3.63, 3.8) is 0 Å². The Balaban J connectivity index is 1.60. The van der Waals surface area contributed by atoms with Crippen molar-refractivity contribution in [2.75, 3.05) is 19.0 Å². The zero-order chi connectivity index (χ0) is 16.9. The highest BCUT2D eigenvalue weighted by molar-refractivity contribution is 5.92. The molecule has 0 fully saturated rings. The van der Waals surface area contributed by atoms with Gasteiger partial charge in [-0.15, -0.1) is 0 Å². The van der Waals surface area contributed by atoms with Crippen LogP contribution < -0.4 is 14.8 Å². The van der Waals surface area contributed by atoms with Gasteiger partial charge in [-0.2, -0.15) is 0 Å². The number of carbonyl (C=O) groups is 2. The van der Waals surface area contributed by atoms with Gasteiger partial charge < -0.3 is 14.8 Å². The number of amides is 1. The molecule has 0 aliphatic heterocycles. The van der Waals surface area contributed by atoms with Crippen LogP contribution in [0, 0.1) is 0 Å². The average molecular weight is 325 g/mol. The molecule has 5 nitrogen and oxygen atoms in total. The summed E-state index contributed by atoms with van der Waals surface area (Å²) in [5.41, 5.74) is 3.78. The molecule has 5 heteroatoms. The van der Waals surface area contributed by atoms with Crippen LogP contribution in [0.3, 0.4) is 0 Å². The predicted molar refractivity (Wildman–Crippen MR) is 91.0 cm³/mol. The average Bonchev–Trinajstić information content (AvgIpc) is 3.07. The van der Waals surface area contributed by atoms with Gasteiger partial charge in [-0.05, 0) is 60.7 Å². The van der Waals surface area contributed by atoms with E-state index in [4.69, 9.17) is 9.47 Å². The Hall–Kier alpha value is -2.82. The normalized spacial score (nSPS) is 12.4. The Morgan fingerprint density at radius 3 is 2.79 bits per heavy atom. The Morgan fingerprint density at radius 1 is 1.17 bits per heavy atom. The van der Waals surface area contributed by atoms with E-state index >= 15 is 0 Å². The fourth-order valence-electron chi connectivity index (χ4n) is 2.87. The second-order valence-corrected chi connectivity index (χ2v) is 5.70. The van der Waals surface area contributed by atoms with Gasteiger partial charge in [0.1, 0.15) is 11.5 Å². The van der Waals surface area contributed by atoms with Gasteiger partial charge >= 0.3 is 0 Å². The molecule has 0 unspecified atom stereocenters. The van der Waals surface area contributed by atoms with Crippen molar-refractivity contribution >= 4 is 17.9 Å². The standard InChI is InChI=1S/C19H19NO4/c1-23-17-7-8-18(15(10-17)11-21)24-12-19(22)20-16-6-5-13-3-2-4-14(13)9-16/h5-11H,2-4,12H2,1H3,(H,20,22). The molecule has 1 N–H and O–H groups in total. The molecule has 1 aliphatic carbocycles. The SMILES string of the molecule is COc1ccc(OCC(=O)Nc2ccc3c(c2)CCC3)c(C=O)c1. The highest BCUT2D eigenvalue weighted by Crippen LogP contribution is 2.25. The molecule has 2 aromatic rings. The van der Waals surface area contributed by atoms with E-state index in [1.807, 2.05) is 12.1 Å². The molecular formula is C19H19NO4. The molecule has 0 spiro atoms. The summed E-state index contributed by atoms with van der Waals surface area (Å²) in [7, 11) is 1.52. The van der Waals surface area contributed by atoms with Crippen LogP contribution in [-0.2, 0) is 17.6 Å². The molecule has 1 aliphatic rings. The van der Waals surface area contributed by atoms with Gasteiger partial charge in [-0.25, -0.2) is 0 Å². The summed E-state index contributed by atoms with van der Waals surface area (Å²) in [6, 6.07) is 10.9. The topological polar surface area (TPSA) is 64.6 Å². The van der Waals surface area contributed by atoms with Gasteiger partial charge in [0.25, 0.3) is 5.91 Å². The maximum atomic E-state index is 12.1. The Bertz CT molecular complexity index is 770. The first-order chi connectivity index (χ1) is 11.7. The molecule has 0 radical (unpaired) electrons. The Morgan fingerprint density at radius 2 is 2.00 bits per heavy atom. The highest BCUT2D eigenvalue weighted by atomic mass is 16.5. The number of anilines is 1. The van der Waals surface area contributed by atoms with E-state index in [0.717, 1.165) is 18.5 Å². The van der Waals surface area contributed by atoms with E-state index in [0.29, 0.717) is 23.3 Å². The van der Waals surface area contributed by atoms with Gasteiger partial charge in [0, 0.05) is 5.69 Å². The van der Waals surface area contributed by atoms with Gasteiger partial charge in [-0.3, -0.25) is 9.59 Å². The van der Waals surface area contributed by atoms with Crippen LogP contribution in [0.15, 0.2) is 36.4 Å². The lowest BCUT2D eigenvalue weighted by Crippen LogP contribution is -2.20. The molecule has 0 bridgehead atoms. The lowest BCUT2D eigenvalue weighted by molar-refractivity contribution is -0.118. The van der Waals surface area contributed by atoms with Crippen molar-refractivity contribution in [2.24, 2.45) is 0 Å².